The Hall–Kier alpha value is -1.92. The third kappa shape index (κ3) is 3.87. The standard InChI is InChI=1S/C20H11BrCl2N2OS/c21-12-7-5-11(6-8-12)19(26)25-18-14(9-13(22)10-15(18)23)20-24-16-3-1-2-4-17(16)27-20/h1-10H,(H,25,26). The Morgan fingerprint density at radius 2 is 1.78 bits per heavy atom. The SMILES string of the molecule is O=C(Nc1c(Cl)cc(Cl)cc1-c1nc2ccccc2s1)c1ccc(Br)cc1. The molecule has 1 aromatic heterocycles. The van der Waals surface area contributed by atoms with Crippen LogP contribution in [-0.4, -0.2) is 10.9 Å². The van der Waals surface area contributed by atoms with Gasteiger partial charge in [-0.2, -0.15) is 0 Å². The van der Waals surface area contributed by atoms with Gasteiger partial charge in [-0.25, -0.2) is 4.98 Å². The molecule has 4 aromatic rings. The third-order valence-electron chi connectivity index (χ3n) is 3.92. The number of benzene rings is 3. The molecule has 0 atom stereocenters. The average molecular weight is 478 g/mol. The van der Waals surface area contributed by atoms with Crippen molar-refractivity contribution in [3.05, 3.63) is 80.7 Å². The summed E-state index contributed by atoms with van der Waals surface area (Å²) in [6, 6.07) is 18.3. The Morgan fingerprint density at radius 3 is 2.52 bits per heavy atom. The van der Waals surface area contributed by atoms with E-state index in [9.17, 15) is 4.79 Å². The Balaban J connectivity index is 1.78. The largest absolute Gasteiger partial charge is 0.320 e. The minimum atomic E-state index is -0.255. The van der Waals surface area contributed by atoms with Crippen molar-refractivity contribution >= 4 is 72.3 Å². The molecule has 0 saturated carbocycles. The molecule has 1 N–H and O–H groups in total. The molecule has 4 rings (SSSR count). The number of anilines is 1. The molecule has 0 spiro atoms. The topological polar surface area (TPSA) is 42.0 Å². The number of thiazole rings is 1. The molecule has 1 heterocycles. The van der Waals surface area contributed by atoms with Gasteiger partial charge in [-0.05, 0) is 48.5 Å². The Labute approximate surface area is 178 Å². The summed E-state index contributed by atoms with van der Waals surface area (Å²) in [6.45, 7) is 0. The van der Waals surface area contributed by atoms with Crippen LogP contribution in [0.2, 0.25) is 10.0 Å². The van der Waals surface area contributed by atoms with E-state index in [0.717, 1.165) is 19.7 Å². The van der Waals surface area contributed by atoms with Crippen LogP contribution in [0.3, 0.4) is 0 Å². The number of hydrogen-bond donors (Lipinski definition) is 1. The number of hydrogen-bond acceptors (Lipinski definition) is 3. The fourth-order valence-corrected chi connectivity index (χ4v) is 4.44. The van der Waals surface area contributed by atoms with Gasteiger partial charge in [-0.1, -0.05) is 51.3 Å². The van der Waals surface area contributed by atoms with Gasteiger partial charge in [0.1, 0.15) is 5.01 Å². The normalized spacial score (nSPS) is 10.9. The number of carbonyl (C=O) groups is 1. The predicted molar refractivity (Wildman–Crippen MR) is 117 cm³/mol. The average Bonchev–Trinajstić information content (AvgIpc) is 3.08. The zero-order valence-corrected chi connectivity index (χ0v) is 17.6. The highest BCUT2D eigenvalue weighted by molar-refractivity contribution is 9.10. The first kappa shape index (κ1) is 18.4. The fraction of sp³-hybridized carbons (Fsp3) is 0. The number of aromatic nitrogens is 1. The number of fused-ring (bicyclic) bond motifs is 1. The lowest BCUT2D eigenvalue weighted by molar-refractivity contribution is 0.102. The van der Waals surface area contributed by atoms with Crippen LogP contribution in [0.25, 0.3) is 20.8 Å². The molecule has 0 saturated heterocycles. The quantitative estimate of drug-likeness (QED) is 0.336. The lowest BCUT2D eigenvalue weighted by Crippen LogP contribution is -2.13. The van der Waals surface area contributed by atoms with Crippen LogP contribution < -0.4 is 5.32 Å². The van der Waals surface area contributed by atoms with Crippen molar-refractivity contribution in [3.8, 4) is 10.6 Å². The molecule has 0 radical (unpaired) electrons. The Kier molecular flexibility index (Phi) is 5.19. The van der Waals surface area contributed by atoms with Crippen molar-refractivity contribution < 1.29 is 4.79 Å². The highest BCUT2D eigenvalue weighted by Crippen LogP contribution is 2.40. The molecule has 0 aliphatic carbocycles. The number of halogens is 3. The maximum absolute atomic E-state index is 12.7. The van der Waals surface area contributed by atoms with Crippen LogP contribution in [-0.2, 0) is 0 Å². The number of nitrogens with zero attached hydrogens (tertiary/aromatic N) is 1. The van der Waals surface area contributed by atoms with E-state index in [-0.39, 0.29) is 5.91 Å². The number of para-hydroxylation sites is 1. The van der Waals surface area contributed by atoms with Gasteiger partial charge >= 0.3 is 0 Å². The van der Waals surface area contributed by atoms with Crippen molar-refractivity contribution in [2.24, 2.45) is 0 Å². The minimum absolute atomic E-state index is 0.255. The number of rotatable bonds is 3. The summed E-state index contributed by atoms with van der Waals surface area (Å²) in [5.74, 6) is -0.255. The molecule has 3 nitrogen and oxygen atoms in total. The highest BCUT2D eigenvalue weighted by atomic mass is 79.9. The molecule has 7 heteroatoms. The molecule has 0 aliphatic heterocycles. The van der Waals surface area contributed by atoms with Crippen LogP contribution in [0, 0.1) is 0 Å². The summed E-state index contributed by atoms with van der Waals surface area (Å²) in [4.78, 5) is 17.3. The van der Waals surface area contributed by atoms with Crippen LogP contribution in [0.5, 0.6) is 0 Å². The van der Waals surface area contributed by atoms with E-state index >= 15 is 0 Å². The van der Waals surface area contributed by atoms with Crippen molar-refractivity contribution in [3.63, 3.8) is 0 Å². The zero-order chi connectivity index (χ0) is 19.0. The monoisotopic (exact) mass is 476 g/mol. The molecule has 1 amide bonds. The molecule has 134 valence electrons. The smallest absolute Gasteiger partial charge is 0.255 e. The minimum Gasteiger partial charge on any atom is -0.320 e. The van der Waals surface area contributed by atoms with Gasteiger partial charge in [0.05, 0.1) is 20.9 Å². The first-order chi connectivity index (χ1) is 13.0. The van der Waals surface area contributed by atoms with Gasteiger partial charge in [0.15, 0.2) is 0 Å². The number of amides is 1. The summed E-state index contributed by atoms with van der Waals surface area (Å²) in [6.07, 6.45) is 0. The van der Waals surface area contributed by atoms with E-state index in [4.69, 9.17) is 23.2 Å². The first-order valence-corrected chi connectivity index (χ1v) is 10.3. The molecule has 27 heavy (non-hydrogen) atoms. The summed E-state index contributed by atoms with van der Waals surface area (Å²) < 4.78 is 1.95. The molecule has 0 unspecified atom stereocenters. The lowest BCUT2D eigenvalue weighted by Gasteiger charge is -2.12. The fourth-order valence-electron chi connectivity index (χ4n) is 2.64. The van der Waals surface area contributed by atoms with Crippen LogP contribution in [0.1, 0.15) is 10.4 Å². The second kappa shape index (κ2) is 7.60. The van der Waals surface area contributed by atoms with E-state index in [1.165, 1.54) is 11.3 Å². The predicted octanol–water partition coefficient (Wildman–Crippen LogP) is 7.28. The first-order valence-electron chi connectivity index (χ1n) is 7.93. The molecule has 0 aliphatic rings. The van der Waals surface area contributed by atoms with Gasteiger partial charge < -0.3 is 5.32 Å². The summed E-state index contributed by atoms with van der Waals surface area (Å²) >= 11 is 17.5. The van der Waals surface area contributed by atoms with Crippen molar-refractivity contribution in [1.82, 2.24) is 4.98 Å². The Bertz CT molecular complexity index is 1130. The second-order valence-electron chi connectivity index (χ2n) is 5.76. The second-order valence-corrected chi connectivity index (χ2v) is 8.55. The van der Waals surface area contributed by atoms with E-state index in [1.807, 2.05) is 36.4 Å². The van der Waals surface area contributed by atoms with E-state index in [0.29, 0.717) is 26.9 Å². The van der Waals surface area contributed by atoms with E-state index in [1.54, 1.807) is 24.3 Å². The van der Waals surface area contributed by atoms with Crippen molar-refractivity contribution in [2.45, 2.75) is 0 Å². The van der Waals surface area contributed by atoms with E-state index < -0.39 is 0 Å². The summed E-state index contributed by atoms with van der Waals surface area (Å²) in [7, 11) is 0. The van der Waals surface area contributed by atoms with Gasteiger partial charge in [-0.3, -0.25) is 4.79 Å². The van der Waals surface area contributed by atoms with Gasteiger partial charge in [-0.15, -0.1) is 11.3 Å². The lowest BCUT2D eigenvalue weighted by atomic mass is 10.1. The molecular weight excluding hydrogens is 467 g/mol. The van der Waals surface area contributed by atoms with Crippen LogP contribution >= 0.6 is 50.5 Å². The van der Waals surface area contributed by atoms with Gasteiger partial charge in [0, 0.05) is 20.6 Å². The van der Waals surface area contributed by atoms with Crippen molar-refractivity contribution in [1.29, 1.82) is 0 Å². The van der Waals surface area contributed by atoms with Crippen molar-refractivity contribution in [2.75, 3.05) is 5.32 Å². The zero-order valence-electron chi connectivity index (χ0n) is 13.7. The van der Waals surface area contributed by atoms with Crippen LogP contribution in [0.4, 0.5) is 5.69 Å². The molecule has 3 aromatic carbocycles. The summed E-state index contributed by atoms with van der Waals surface area (Å²) in [5, 5.41) is 4.49. The molecular formula is C20H11BrCl2N2OS. The highest BCUT2D eigenvalue weighted by Gasteiger charge is 2.18. The molecule has 0 fully saturated rings. The van der Waals surface area contributed by atoms with Gasteiger partial charge in [0.25, 0.3) is 5.91 Å². The maximum atomic E-state index is 12.7. The van der Waals surface area contributed by atoms with E-state index in [2.05, 4.69) is 26.2 Å². The third-order valence-corrected chi connectivity index (χ3v) is 6.04. The maximum Gasteiger partial charge on any atom is 0.255 e. The summed E-state index contributed by atoms with van der Waals surface area (Å²) in [5.41, 5.74) is 2.60. The molecule has 0 bridgehead atoms. The Morgan fingerprint density at radius 1 is 1.04 bits per heavy atom. The van der Waals surface area contributed by atoms with Crippen LogP contribution in [0.15, 0.2) is 65.1 Å². The van der Waals surface area contributed by atoms with Gasteiger partial charge in [0.2, 0.25) is 0 Å². The number of carbonyl (C=O) groups excluding carboxylic acids is 1. The number of nitrogens with one attached hydrogen (secondary N) is 1.